The highest BCUT2D eigenvalue weighted by molar-refractivity contribution is 4.77. The van der Waals surface area contributed by atoms with Crippen molar-refractivity contribution in [2.75, 3.05) is 13.6 Å². The number of aliphatic hydroxyl groups is 2. The minimum absolute atomic E-state index is 0.0231. The Morgan fingerprint density at radius 3 is 2.44 bits per heavy atom. The van der Waals surface area contributed by atoms with Crippen LogP contribution in [-0.2, 0) is 0 Å². The third kappa shape index (κ3) is 1.41. The van der Waals surface area contributed by atoms with Gasteiger partial charge in [0, 0.05) is 0 Å². The zero-order valence-electron chi connectivity index (χ0n) is 5.62. The first-order chi connectivity index (χ1) is 4.22. The number of hydrogen-bond acceptors (Lipinski definition) is 3. The fraction of sp³-hybridized carbons (Fsp3) is 1.00. The smallest absolute Gasteiger partial charge is 0.167 e. The molecule has 1 heterocycles. The van der Waals surface area contributed by atoms with Crippen molar-refractivity contribution in [3.63, 3.8) is 0 Å². The molecule has 0 aliphatic carbocycles. The van der Waals surface area contributed by atoms with Gasteiger partial charge in [-0.05, 0) is 26.4 Å². The lowest BCUT2D eigenvalue weighted by molar-refractivity contribution is -0.0858. The molecule has 0 aromatic carbocycles. The van der Waals surface area contributed by atoms with Crippen LogP contribution in [0.5, 0.6) is 0 Å². The molecule has 0 radical (unpaired) electrons. The van der Waals surface area contributed by atoms with Crippen LogP contribution < -0.4 is 0 Å². The number of aliphatic hydroxyl groups excluding tert-OH is 1. The minimum Gasteiger partial charge on any atom is -0.367 e. The zero-order chi connectivity index (χ0) is 6.85. The summed E-state index contributed by atoms with van der Waals surface area (Å²) >= 11 is 0. The Labute approximate surface area is 54.9 Å². The van der Waals surface area contributed by atoms with E-state index in [1.54, 1.807) is 0 Å². The van der Waals surface area contributed by atoms with E-state index in [-0.39, 0.29) is 6.04 Å². The Hall–Kier alpha value is -0.120. The first-order valence-electron chi connectivity index (χ1n) is 3.28. The van der Waals surface area contributed by atoms with Gasteiger partial charge >= 0.3 is 0 Å². The molecule has 1 fully saturated rings. The van der Waals surface area contributed by atoms with Crippen molar-refractivity contribution >= 4 is 0 Å². The largest absolute Gasteiger partial charge is 0.367 e. The first-order valence-corrected chi connectivity index (χ1v) is 3.28. The summed E-state index contributed by atoms with van der Waals surface area (Å²) in [6.07, 6.45) is 0.838. The Balaban J connectivity index is 2.40. The van der Waals surface area contributed by atoms with Gasteiger partial charge in [0.05, 0.1) is 6.04 Å². The normalized spacial score (nSPS) is 30.0. The lowest BCUT2D eigenvalue weighted by atomic mass is 10.2. The monoisotopic (exact) mass is 131 g/mol. The van der Waals surface area contributed by atoms with Crippen LogP contribution in [0.15, 0.2) is 0 Å². The highest BCUT2D eigenvalue weighted by atomic mass is 16.5. The average Bonchev–Trinajstić information content (AvgIpc) is 2.13. The summed E-state index contributed by atoms with van der Waals surface area (Å²) < 4.78 is 0. The molecule has 0 aromatic rings. The molecule has 0 bridgehead atoms. The number of likely N-dealkylation sites (N-methyl/N-ethyl adjacent to an activating group) is 1. The van der Waals surface area contributed by atoms with Gasteiger partial charge in [-0.15, -0.1) is 0 Å². The van der Waals surface area contributed by atoms with Gasteiger partial charge in [-0.25, -0.2) is 0 Å². The molecular formula is C6H13NO2. The second-order valence-electron chi connectivity index (χ2n) is 2.60. The van der Waals surface area contributed by atoms with Gasteiger partial charge in [0.2, 0.25) is 0 Å². The summed E-state index contributed by atoms with van der Waals surface area (Å²) in [5.74, 6) is 0. The average molecular weight is 131 g/mol. The molecule has 1 aliphatic rings. The van der Waals surface area contributed by atoms with Crippen LogP contribution in [0, 0.1) is 0 Å². The molecule has 54 valence electrons. The lowest BCUT2D eigenvalue weighted by Gasteiger charge is -2.20. The molecule has 1 rings (SSSR count). The fourth-order valence-corrected chi connectivity index (χ4v) is 1.31. The Morgan fingerprint density at radius 1 is 1.56 bits per heavy atom. The van der Waals surface area contributed by atoms with Crippen LogP contribution in [0.2, 0.25) is 0 Å². The third-order valence-corrected chi connectivity index (χ3v) is 1.92. The zero-order valence-corrected chi connectivity index (χ0v) is 5.62. The molecule has 0 aromatic heterocycles. The van der Waals surface area contributed by atoms with Crippen molar-refractivity contribution in [1.82, 2.24) is 4.90 Å². The molecule has 9 heavy (non-hydrogen) atoms. The van der Waals surface area contributed by atoms with Crippen molar-refractivity contribution in [2.24, 2.45) is 0 Å². The molecule has 0 amide bonds. The summed E-state index contributed by atoms with van der Waals surface area (Å²) in [5, 5.41) is 17.5. The first kappa shape index (κ1) is 6.99. The number of rotatable bonds is 1. The van der Waals surface area contributed by atoms with Gasteiger partial charge in [0.1, 0.15) is 0 Å². The van der Waals surface area contributed by atoms with Crippen molar-refractivity contribution in [1.29, 1.82) is 0 Å². The maximum Gasteiger partial charge on any atom is 0.167 e. The summed E-state index contributed by atoms with van der Waals surface area (Å²) in [6.45, 7) is 0.988. The minimum atomic E-state index is -1.16. The number of hydrogen-bond donors (Lipinski definition) is 2. The van der Waals surface area contributed by atoms with E-state index in [1.165, 1.54) is 0 Å². The molecule has 3 nitrogen and oxygen atoms in total. The standard InChI is InChI=1S/C6H13NO2/c1-7-4-2-3-5(7)6(8)9/h5-6,8-9H,2-4H2,1H3. The van der Waals surface area contributed by atoms with Crippen LogP contribution in [0.25, 0.3) is 0 Å². The van der Waals surface area contributed by atoms with Crippen LogP contribution in [0.1, 0.15) is 12.8 Å². The van der Waals surface area contributed by atoms with E-state index in [2.05, 4.69) is 0 Å². The Morgan fingerprint density at radius 2 is 2.22 bits per heavy atom. The predicted molar refractivity (Wildman–Crippen MR) is 33.9 cm³/mol. The van der Waals surface area contributed by atoms with Gasteiger partial charge in [0.15, 0.2) is 6.29 Å². The van der Waals surface area contributed by atoms with Crippen molar-refractivity contribution < 1.29 is 10.2 Å². The van der Waals surface area contributed by atoms with Crippen molar-refractivity contribution in [2.45, 2.75) is 25.2 Å². The Bertz CT molecular complexity index is 95.1. The molecule has 2 N–H and O–H groups in total. The van der Waals surface area contributed by atoms with Crippen LogP contribution >= 0.6 is 0 Å². The quantitative estimate of drug-likeness (QED) is 0.467. The van der Waals surface area contributed by atoms with Gasteiger partial charge in [-0.1, -0.05) is 0 Å². The molecule has 0 saturated carbocycles. The summed E-state index contributed by atoms with van der Waals surface area (Å²) in [7, 11) is 1.91. The maximum atomic E-state index is 8.74. The van der Waals surface area contributed by atoms with Crippen molar-refractivity contribution in [3.8, 4) is 0 Å². The van der Waals surface area contributed by atoms with Gasteiger partial charge < -0.3 is 10.2 Å². The van der Waals surface area contributed by atoms with E-state index < -0.39 is 6.29 Å². The fourth-order valence-electron chi connectivity index (χ4n) is 1.31. The van der Waals surface area contributed by atoms with E-state index in [1.807, 2.05) is 11.9 Å². The molecular weight excluding hydrogens is 118 g/mol. The third-order valence-electron chi connectivity index (χ3n) is 1.92. The summed E-state index contributed by atoms with van der Waals surface area (Å²) in [6, 6.07) is -0.0231. The molecule has 1 atom stereocenters. The predicted octanol–water partition coefficient (Wildman–Crippen LogP) is -0.609. The second kappa shape index (κ2) is 2.64. The van der Waals surface area contributed by atoms with Crippen LogP contribution in [0.3, 0.4) is 0 Å². The Kier molecular flexibility index (Phi) is 2.05. The maximum absolute atomic E-state index is 8.74. The van der Waals surface area contributed by atoms with E-state index >= 15 is 0 Å². The number of likely N-dealkylation sites (tertiary alicyclic amines) is 1. The van der Waals surface area contributed by atoms with Gasteiger partial charge in [0.25, 0.3) is 0 Å². The topological polar surface area (TPSA) is 43.7 Å². The molecule has 1 saturated heterocycles. The molecule has 1 unspecified atom stereocenters. The SMILES string of the molecule is CN1CCCC1C(O)O. The number of nitrogens with zero attached hydrogens (tertiary/aromatic N) is 1. The van der Waals surface area contributed by atoms with Gasteiger partial charge in [-0.2, -0.15) is 0 Å². The van der Waals surface area contributed by atoms with E-state index in [0.717, 1.165) is 19.4 Å². The molecule has 3 heteroatoms. The lowest BCUT2D eigenvalue weighted by Crippen LogP contribution is -2.35. The summed E-state index contributed by atoms with van der Waals surface area (Å²) in [5.41, 5.74) is 0. The van der Waals surface area contributed by atoms with Crippen LogP contribution in [0.4, 0.5) is 0 Å². The summed E-state index contributed by atoms with van der Waals surface area (Å²) in [4.78, 5) is 1.98. The molecule has 1 aliphatic heterocycles. The molecule has 0 spiro atoms. The highest BCUT2D eigenvalue weighted by Gasteiger charge is 2.25. The van der Waals surface area contributed by atoms with Crippen molar-refractivity contribution in [3.05, 3.63) is 0 Å². The van der Waals surface area contributed by atoms with E-state index in [4.69, 9.17) is 10.2 Å². The highest BCUT2D eigenvalue weighted by Crippen LogP contribution is 2.16. The van der Waals surface area contributed by atoms with E-state index in [9.17, 15) is 0 Å². The van der Waals surface area contributed by atoms with E-state index in [0.29, 0.717) is 0 Å². The van der Waals surface area contributed by atoms with Crippen LogP contribution in [-0.4, -0.2) is 41.0 Å². The van der Waals surface area contributed by atoms with Gasteiger partial charge in [-0.3, -0.25) is 4.90 Å². The second-order valence-corrected chi connectivity index (χ2v) is 2.60.